The monoisotopic (exact) mass is 453 g/mol. The Hall–Kier alpha value is -2.71. The minimum atomic E-state index is 0. The van der Waals surface area contributed by atoms with Gasteiger partial charge in [-0.05, 0) is 72.9 Å². The van der Waals surface area contributed by atoms with E-state index in [1.807, 2.05) is 72.9 Å². The van der Waals surface area contributed by atoms with Crippen molar-refractivity contribution in [1.82, 2.24) is 6.15 Å². The van der Waals surface area contributed by atoms with Crippen LogP contribution in [0.5, 0.6) is 0 Å². The molecular weight excluding hydrogens is 437 g/mol. The van der Waals surface area contributed by atoms with Gasteiger partial charge in [0.15, 0.2) is 0 Å². The number of halogens is 1. The molecule has 5 rings (SSSR count). The summed E-state index contributed by atoms with van der Waals surface area (Å²) < 4.78 is 0. The lowest BCUT2D eigenvalue weighted by atomic mass is 10.2. The SMILES string of the molecule is C1=CC2=NC1=CC1=NC(=CC3=NC(=CC4=NC(=C2)C=C4)C=C3)C=C1.I.N. The summed E-state index contributed by atoms with van der Waals surface area (Å²) in [4.78, 5) is 18.4. The fraction of sp³-hybridized carbons (Fsp3) is 0. The fourth-order valence-corrected chi connectivity index (χ4v) is 2.83. The summed E-state index contributed by atoms with van der Waals surface area (Å²) in [6.45, 7) is 0. The normalized spacial score (nSPS) is 20.9. The average Bonchev–Trinajstić information content (AvgIpc) is 3.32. The molecule has 0 aliphatic carbocycles. The maximum atomic E-state index is 4.59. The molecule has 3 N–H and O–H groups in total. The summed E-state index contributed by atoms with van der Waals surface area (Å²) in [5, 5.41) is 0. The van der Waals surface area contributed by atoms with Crippen LogP contribution in [0.1, 0.15) is 0 Å². The Morgan fingerprint density at radius 3 is 0.846 bits per heavy atom. The minimum Gasteiger partial charge on any atom is -0.344 e. The summed E-state index contributed by atoms with van der Waals surface area (Å²) >= 11 is 0. The van der Waals surface area contributed by atoms with Crippen LogP contribution in [-0.4, -0.2) is 22.8 Å². The largest absolute Gasteiger partial charge is 0.344 e. The number of aliphatic imine (C=N–C) groups is 4. The smallest absolute Gasteiger partial charge is 0.0659 e. The van der Waals surface area contributed by atoms with Crippen LogP contribution in [0.25, 0.3) is 0 Å². The molecule has 0 fully saturated rings. The van der Waals surface area contributed by atoms with Gasteiger partial charge in [0, 0.05) is 0 Å². The Balaban J connectivity index is 0.000000980. The highest BCUT2D eigenvalue weighted by atomic mass is 127. The number of nitrogens with zero attached hydrogens (tertiary/aromatic N) is 4. The Morgan fingerprint density at radius 2 is 0.615 bits per heavy atom. The third kappa shape index (κ3) is 3.61. The highest BCUT2D eigenvalue weighted by Crippen LogP contribution is 2.20. The minimum absolute atomic E-state index is 0. The van der Waals surface area contributed by atoms with E-state index in [2.05, 4.69) is 20.0 Å². The van der Waals surface area contributed by atoms with E-state index in [1.165, 1.54) is 0 Å². The van der Waals surface area contributed by atoms with E-state index in [9.17, 15) is 0 Å². The summed E-state index contributed by atoms with van der Waals surface area (Å²) in [5.74, 6) is 0. The molecule has 26 heavy (non-hydrogen) atoms. The molecule has 5 aliphatic heterocycles. The predicted octanol–water partition coefficient (Wildman–Crippen LogP) is 4.36. The molecule has 5 heterocycles. The standard InChI is InChI=1S/C20H12N4.HI.H3N/c1-2-14-10-16-5-6-18(23-16)12-20-8-7-19(24-20)11-17-4-3-15(22-17)9-13(1)21-14;;/h1-12H;1H;1H3. The average molecular weight is 453 g/mol. The highest BCUT2D eigenvalue weighted by Gasteiger charge is 2.11. The van der Waals surface area contributed by atoms with E-state index in [-0.39, 0.29) is 30.1 Å². The van der Waals surface area contributed by atoms with Gasteiger partial charge in [-0.25, -0.2) is 20.0 Å². The molecule has 0 radical (unpaired) electrons. The first-order valence-corrected chi connectivity index (χ1v) is 7.74. The Morgan fingerprint density at radius 1 is 0.385 bits per heavy atom. The number of allylic oxidation sites excluding steroid dienone is 12. The Labute approximate surface area is 168 Å². The molecule has 0 unspecified atom stereocenters. The second kappa shape index (κ2) is 7.27. The van der Waals surface area contributed by atoms with Crippen LogP contribution in [0.3, 0.4) is 0 Å². The van der Waals surface area contributed by atoms with Crippen LogP contribution in [0, 0.1) is 0 Å². The lowest BCUT2D eigenvalue weighted by Crippen LogP contribution is -1.89. The van der Waals surface area contributed by atoms with Crippen molar-refractivity contribution in [3.63, 3.8) is 0 Å². The highest BCUT2D eigenvalue weighted by molar-refractivity contribution is 14.0. The quantitative estimate of drug-likeness (QED) is 0.544. The molecule has 0 aromatic heterocycles. The third-order valence-electron chi connectivity index (χ3n) is 3.92. The van der Waals surface area contributed by atoms with Crippen molar-refractivity contribution < 1.29 is 0 Å². The molecule has 6 heteroatoms. The van der Waals surface area contributed by atoms with Gasteiger partial charge in [0.1, 0.15) is 0 Å². The number of fused-ring (bicyclic) bond motifs is 4. The van der Waals surface area contributed by atoms with Gasteiger partial charge in [-0.2, -0.15) is 0 Å². The Bertz CT molecular complexity index is 850. The first-order chi connectivity index (χ1) is 11.8. The maximum Gasteiger partial charge on any atom is 0.0659 e. The van der Waals surface area contributed by atoms with Gasteiger partial charge >= 0.3 is 0 Å². The molecule has 0 atom stereocenters. The van der Waals surface area contributed by atoms with Crippen LogP contribution < -0.4 is 6.15 Å². The zero-order chi connectivity index (χ0) is 15.9. The molecule has 128 valence electrons. The third-order valence-corrected chi connectivity index (χ3v) is 3.92. The molecule has 0 aromatic rings. The van der Waals surface area contributed by atoms with Gasteiger partial charge in [0.05, 0.1) is 45.6 Å². The lowest BCUT2D eigenvalue weighted by molar-refractivity contribution is 1.41. The first-order valence-electron chi connectivity index (χ1n) is 7.74. The van der Waals surface area contributed by atoms with Gasteiger partial charge in [-0.15, -0.1) is 24.0 Å². The Kier molecular flexibility index (Phi) is 5.06. The second-order valence-corrected chi connectivity index (χ2v) is 5.76. The molecule has 0 saturated carbocycles. The van der Waals surface area contributed by atoms with Crippen molar-refractivity contribution in [2.45, 2.75) is 0 Å². The molecule has 0 spiro atoms. The fourth-order valence-electron chi connectivity index (χ4n) is 2.83. The summed E-state index contributed by atoms with van der Waals surface area (Å²) in [5.41, 5.74) is 7.15. The van der Waals surface area contributed by atoms with E-state index in [0.717, 1.165) is 45.6 Å². The molecule has 0 amide bonds. The van der Waals surface area contributed by atoms with Crippen molar-refractivity contribution in [2.24, 2.45) is 20.0 Å². The molecule has 5 nitrogen and oxygen atoms in total. The van der Waals surface area contributed by atoms with Gasteiger partial charge in [0.2, 0.25) is 0 Å². The van der Waals surface area contributed by atoms with Crippen LogP contribution in [0.15, 0.2) is 116 Å². The zero-order valence-electron chi connectivity index (χ0n) is 13.8. The summed E-state index contributed by atoms with van der Waals surface area (Å²) in [6.07, 6.45) is 23.8. The summed E-state index contributed by atoms with van der Waals surface area (Å²) in [7, 11) is 0. The lowest BCUT2D eigenvalue weighted by Gasteiger charge is -1.94. The van der Waals surface area contributed by atoms with Crippen molar-refractivity contribution in [2.75, 3.05) is 0 Å². The molecule has 0 saturated heterocycles. The van der Waals surface area contributed by atoms with E-state index in [0.29, 0.717) is 0 Å². The zero-order valence-corrected chi connectivity index (χ0v) is 16.2. The predicted molar refractivity (Wildman–Crippen MR) is 119 cm³/mol. The van der Waals surface area contributed by atoms with Gasteiger partial charge in [-0.1, -0.05) is 0 Å². The molecule has 0 aromatic carbocycles. The second-order valence-electron chi connectivity index (χ2n) is 5.76. The van der Waals surface area contributed by atoms with Crippen LogP contribution >= 0.6 is 24.0 Å². The van der Waals surface area contributed by atoms with Crippen molar-refractivity contribution in [1.29, 1.82) is 0 Å². The van der Waals surface area contributed by atoms with E-state index in [1.54, 1.807) is 0 Å². The van der Waals surface area contributed by atoms with Gasteiger partial charge < -0.3 is 6.15 Å². The van der Waals surface area contributed by atoms with Gasteiger partial charge in [0.25, 0.3) is 0 Å². The number of hydrogen-bond acceptors (Lipinski definition) is 5. The number of rotatable bonds is 0. The van der Waals surface area contributed by atoms with Crippen molar-refractivity contribution in [3.05, 3.63) is 95.7 Å². The van der Waals surface area contributed by atoms with E-state index < -0.39 is 0 Å². The first kappa shape index (κ1) is 18.1. The molecule has 8 bridgehead atoms. The number of hydrogen-bond donors (Lipinski definition) is 1. The van der Waals surface area contributed by atoms with E-state index >= 15 is 0 Å². The van der Waals surface area contributed by atoms with E-state index in [4.69, 9.17) is 0 Å². The molecular formula is C20H16IN5. The maximum absolute atomic E-state index is 4.59. The van der Waals surface area contributed by atoms with Crippen LogP contribution in [-0.2, 0) is 0 Å². The van der Waals surface area contributed by atoms with Gasteiger partial charge in [-0.3, -0.25) is 0 Å². The van der Waals surface area contributed by atoms with Crippen LogP contribution in [0.2, 0.25) is 0 Å². The van der Waals surface area contributed by atoms with Crippen molar-refractivity contribution in [3.8, 4) is 0 Å². The topological polar surface area (TPSA) is 84.4 Å². The van der Waals surface area contributed by atoms with Crippen LogP contribution in [0.4, 0.5) is 0 Å². The summed E-state index contributed by atoms with van der Waals surface area (Å²) in [6, 6.07) is 0. The molecule has 5 aliphatic rings. The van der Waals surface area contributed by atoms with Crippen molar-refractivity contribution >= 4 is 46.8 Å².